The summed E-state index contributed by atoms with van der Waals surface area (Å²) >= 11 is 5.79. The number of hydrogen-bond donors (Lipinski definition) is 2. The summed E-state index contributed by atoms with van der Waals surface area (Å²) in [5, 5.41) is 8.39. The van der Waals surface area contributed by atoms with Gasteiger partial charge in [-0.3, -0.25) is 19.6 Å². The van der Waals surface area contributed by atoms with Crippen LogP contribution < -0.4 is 11.2 Å². The van der Waals surface area contributed by atoms with E-state index in [4.69, 9.17) is 16.7 Å². The van der Waals surface area contributed by atoms with Crippen LogP contribution in [-0.2, 0) is 11.2 Å². The second kappa shape index (κ2) is 7.51. The first-order chi connectivity index (χ1) is 13.2. The molecule has 0 fully saturated rings. The van der Waals surface area contributed by atoms with Gasteiger partial charge in [-0.2, -0.15) is 0 Å². The molecule has 3 aromatic rings. The number of aryl methyl sites for hydroxylation is 1. The van der Waals surface area contributed by atoms with Crippen molar-refractivity contribution >= 4 is 28.6 Å². The molecular formula is C18H16ClFN4O4. The quantitative estimate of drug-likeness (QED) is 0.628. The van der Waals surface area contributed by atoms with E-state index in [0.29, 0.717) is 16.9 Å². The third kappa shape index (κ3) is 3.53. The molecule has 2 N–H and O–H groups in total. The number of pyridine rings is 2. The van der Waals surface area contributed by atoms with E-state index in [-0.39, 0.29) is 29.8 Å². The highest BCUT2D eigenvalue weighted by molar-refractivity contribution is 6.29. The predicted octanol–water partition coefficient (Wildman–Crippen LogP) is 2.40. The molecule has 28 heavy (non-hydrogen) atoms. The number of halogens is 2. The van der Waals surface area contributed by atoms with E-state index in [2.05, 4.69) is 15.0 Å². The third-order valence-corrected chi connectivity index (χ3v) is 4.47. The molecule has 10 heteroatoms. The van der Waals surface area contributed by atoms with Gasteiger partial charge in [0.05, 0.1) is 16.8 Å². The largest absolute Gasteiger partial charge is 0.481 e. The summed E-state index contributed by atoms with van der Waals surface area (Å²) in [7, 11) is 0. The van der Waals surface area contributed by atoms with E-state index < -0.39 is 28.2 Å². The maximum absolute atomic E-state index is 13.8. The normalized spacial score (nSPS) is 11.3. The minimum atomic E-state index is -1.00. The number of carboxylic acid groups (broad SMARTS) is 1. The van der Waals surface area contributed by atoms with E-state index in [9.17, 15) is 18.8 Å². The Bertz CT molecular complexity index is 1200. The molecule has 8 nitrogen and oxygen atoms in total. The van der Waals surface area contributed by atoms with Gasteiger partial charge in [0.25, 0.3) is 5.56 Å². The van der Waals surface area contributed by atoms with E-state index in [1.165, 1.54) is 6.20 Å². The molecule has 0 amide bonds. The molecule has 0 aliphatic carbocycles. The number of carbonyl (C=O) groups is 1. The summed E-state index contributed by atoms with van der Waals surface area (Å²) in [5.41, 5.74) is -0.410. The van der Waals surface area contributed by atoms with Crippen LogP contribution in [0, 0.1) is 5.82 Å². The Morgan fingerprint density at radius 3 is 2.75 bits per heavy atom. The Kier molecular flexibility index (Phi) is 5.28. The number of nitrogens with zero attached hydrogens (tertiary/aromatic N) is 3. The lowest BCUT2D eigenvalue weighted by Crippen LogP contribution is -2.31. The van der Waals surface area contributed by atoms with Gasteiger partial charge in [0.15, 0.2) is 16.6 Å². The van der Waals surface area contributed by atoms with Gasteiger partial charge in [0.1, 0.15) is 0 Å². The lowest BCUT2D eigenvalue weighted by atomic mass is 10.0. The van der Waals surface area contributed by atoms with E-state index in [0.717, 1.165) is 10.6 Å². The zero-order valence-corrected chi connectivity index (χ0v) is 15.7. The Hall–Kier alpha value is -3.07. The van der Waals surface area contributed by atoms with Gasteiger partial charge < -0.3 is 5.11 Å². The Labute approximate surface area is 162 Å². The Morgan fingerprint density at radius 2 is 2.11 bits per heavy atom. The summed E-state index contributed by atoms with van der Waals surface area (Å²) in [6.07, 6.45) is 1.47. The van der Waals surface area contributed by atoms with E-state index in [1.807, 2.05) is 13.8 Å². The van der Waals surface area contributed by atoms with Crippen molar-refractivity contribution in [3.63, 3.8) is 0 Å². The smallest absolute Gasteiger partial charge is 0.334 e. The maximum Gasteiger partial charge on any atom is 0.334 e. The fraction of sp³-hybridized carbons (Fsp3) is 0.278. The van der Waals surface area contributed by atoms with Crippen LogP contribution in [0.2, 0.25) is 5.15 Å². The van der Waals surface area contributed by atoms with Gasteiger partial charge >= 0.3 is 11.7 Å². The number of aliphatic carboxylic acids is 1. The first-order valence-electron chi connectivity index (χ1n) is 8.41. The summed E-state index contributed by atoms with van der Waals surface area (Å²) < 4.78 is 14.9. The molecule has 0 unspecified atom stereocenters. The molecule has 3 aromatic heterocycles. The molecule has 0 aromatic carbocycles. The lowest BCUT2D eigenvalue weighted by Gasteiger charge is -2.18. The number of H-pyrrole nitrogens is 1. The highest BCUT2D eigenvalue weighted by atomic mass is 35.5. The molecule has 0 saturated carbocycles. The van der Waals surface area contributed by atoms with Crippen molar-refractivity contribution in [3.05, 3.63) is 61.4 Å². The second-order valence-corrected chi connectivity index (χ2v) is 6.84. The minimum absolute atomic E-state index is 0.120. The lowest BCUT2D eigenvalue weighted by molar-refractivity contribution is -0.136. The van der Waals surface area contributed by atoms with Crippen molar-refractivity contribution in [2.24, 2.45) is 0 Å². The predicted molar refractivity (Wildman–Crippen MR) is 101 cm³/mol. The molecule has 146 valence electrons. The van der Waals surface area contributed by atoms with Crippen LogP contribution in [0.15, 0.2) is 27.9 Å². The Balaban J connectivity index is 2.45. The second-order valence-electron chi connectivity index (χ2n) is 6.48. The van der Waals surface area contributed by atoms with Gasteiger partial charge in [-0.05, 0) is 30.0 Å². The third-order valence-electron chi connectivity index (χ3n) is 4.21. The van der Waals surface area contributed by atoms with Gasteiger partial charge in [-0.25, -0.2) is 18.7 Å². The monoisotopic (exact) mass is 406 g/mol. The van der Waals surface area contributed by atoms with E-state index >= 15 is 0 Å². The van der Waals surface area contributed by atoms with E-state index in [1.54, 1.807) is 6.07 Å². The van der Waals surface area contributed by atoms with Crippen LogP contribution in [0.25, 0.3) is 16.7 Å². The molecule has 3 heterocycles. The first-order valence-corrected chi connectivity index (χ1v) is 8.79. The summed E-state index contributed by atoms with van der Waals surface area (Å²) in [6.45, 7) is 3.71. The summed E-state index contributed by atoms with van der Waals surface area (Å²) in [6, 6.07) is 2.50. The summed E-state index contributed by atoms with van der Waals surface area (Å²) in [4.78, 5) is 46.3. The molecule has 0 radical (unpaired) electrons. The maximum atomic E-state index is 13.8. The molecule has 0 saturated heterocycles. The summed E-state index contributed by atoms with van der Waals surface area (Å²) in [5.74, 6) is -2.04. The molecule has 0 aliphatic rings. The zero-order chi connectivity index (χ0) is 20.6. The van der Waals surface area contributed by atoms with Crippen molar-refractivity contribution in [3.8, 4) is 5.69 Å². The molecule has 0 spiro atoms. The average Bonchev–Trinajstić information content (AvgIpc) is 2.62. The fourth-order valence-electron chi connectivity index (χ4n) is 2.96. The van der Waals surface area contributed by atoms with Crippen LogP contribution >= 0.6 is 11.6 Å². The van der Waals surface area contributed by atoms with Crippen LogP contribution in [0.4, 0.5) is 4.39 Å². The molecular weight excluding hydrogens is 391 g/mol. The molecule has 0 aliphatic heterocycles. The number of carboxylic acids is 1. The van der Waals surface area contributed by atoms with Gasteiger partial charge in [0.2, 0.25) is 0 Å². The first kappa shape index (κ1) is 19.7. The SMILES string of the molecule is CC(C)c1nccc(CCC(=O)O)c1-n1c(=O)[nH]c(=O)c2cc(F)c(Cl)nc21. The molecule has 0 bridgehead atoms. The highest BCUT2D eigenvalue weighted by Gasteiger charge is 2.21. The van der Waals surface area contributed by atoms with Crippen molar-refractivity contribution in [1.29, 1.82) is 0 Å². The number of aromatic amines is 1. The van der Waals surface area contributed by atoms with Crippen LogP contribution in [0.3, 0.4) is 0 Å². The van der Waals surface area contributed by atoms with Crippen molar-refractivity contribution in [2.45, 2.75) is 32.6 Å². The fourth-order valence-corrected chi connectivity index (χ4v) is 3.09. The van der Waals surface area contributed by atoms with Crippen molar-refractivity contribution < 1.29 is 14.3 Å². The highest BCUT2D eigenvalue weighted by Crippen LogP contribution is 2.27. The van der Waals surface area contributed by atoms with Crippen LogP contribution in [-0.4, -0.2) is 30.6 Å². The minimum Gasteiger partial charge on any atom is -0.481 e. The van der Waals surface area contributed by atoms with Crippen LogP contribution in [0.1, 0.15) is 37.4 Å². The topological polar surface area (TPSA) is 118 Å². The van der Waals surface area contributed by atoms with Gasteiger partial charge in [-0.15, -0.1) is 0 Å². The average molecular weight is 407 g/mol. The van der Waals surface area contributed by atoms with Gasteiger partial charge in [-0.1, -0.05) is 25.4 Å². The number of nitrogens with one attached hydrogen (secondary N) is 1. The Morgan fingerprint density at radius 1 is 1.39 bits per heavy atom. The van der Waals surface area contributed by atoms with Crippen molar-refractivity contribution in [2.75, 3.05) is 0 Å². The number of rotatable bonds is 5. The molecule has 3 rings (SSSR count). The molecule has 0 atom stereocenters. The van der Waals surface area contributed by atoms with Crippen molar-refractivity contribution in [1.82, 2.24) is 19.5 Å². The standard InChI is InChI=1S/C18H16ClFN4O4/c1-8(2)13-14(9(5-6-21-13)3-4-12(25)26)24-16-10(17(27)23-18(24)28)7-11(20)15(19)22-16/h5-8H,3-4H2,1-2H3,(H,25,26)(H,23,27,28). The van der Waals surface area contributed by atoms with Crippen LogP contribution in [0.5, 0.6) is 0 Å². The van der Waals surface area contributed by atoms with Gasteiger partial charge in [0, 0.05) is 12.6 Å². The number of fused-ring (bicyclic) bond motifs is 1. The number of aromatic nitrogens is 4. The number of hydrogen-bond acceptors (Lipinski definition) is 5. The zero-order valence-electron chi connectivity index (χ0n) is 15.0.